The molecule has 2 nitrogen and oxygen atoms in total. The average molecular weight is 232 g/mol. The first-order valence-electron chi connectivity index (χ1n) is 6.78. The monoisotopic (exact) mass is 232 g/mol. The van der Waals surface area contributed by atoms with Crippen molar-refractivity contribution in [1.82, 2.24) is 10.3 Å². The molecule has 94 valence electrons. The van der Waals surface area contributed by atoms with Gasteiger partial charge in [0.2, 0.25) is 0 Å². The lowest BCUT2D eigenvalue weighted by Crippen LogP contribution is -2.36. The van der Waals surface area contributed by atoms with Crippen LogP contribution in [-0.2, 0) is 6.42 Å². The first-order valence-corrected chi connectivity index (χ1v) is 6.78. The van der Waals surface area contributed by atoms with Gasteiger partial charge in [0, 0.05) is 18.4 Å². The minimum absolute atomic E-state index is 0.573. The van der Waals surface area contributed by atoms with E-state index in [1.807, 2.05) is 12.4 Å². The summed E-state index contributed by atoms with van der Waals surface area (Å²) in [5.41, 5.74) is 1.95. The molecular formula is C15H24N2. The minimum atomic E-state index is 0.573. The van der Waals surface area contributed by atoms with Gasteiger partial charge in [-0.15, -0.1) is 0 Å². The second kappa shape index (κ2) is 5.63. The Morgan fingerprint density at radius 1 is 1.24 bits per heavy atom. The zero-order chi connectivity index (χ0) is 12.1. The van der Waals surface area contributed by atoms with Crippen LogP contribution < -0.4 is 5.32 Å². The van der Waals surface area contributed by atoms with E-state index in [4.69, 9.17) is 0 Å². The van der Waals surface area contributed by atoms with Crippen molar-refractivity contribution in [2.75, 3.05) is 6.54 Å². The molecule has 2 rings (SSSR count). The van der Waals surface area contributed by atoms with Crippen LogP contribution in [0.1, 0.15) is 45.1 Å². The van der Waals surface area contributed by atoms with Crippen molar-refractivity contribution in [2.45, 2.75) is 52.0 Å². The fraction of sp³-hybridized carbons (Fsp3) is 0.667. The third kappa shape index (κ3) is 4.12. The minimum Gasteiger partial charge on any atom is -0.314 e. The lowest BCUT2D eigenvalue weighted by molar-refractivity contribution is 0.207. The summed E-state index contributed by atoms with van der Waals surface area (Å²) in [7, 11) is 0. The number of rotatable bonds is 4. The van der Waals surface area contributed by atoms with E-state index in [1.54, 1.807) is 0 Å². The Morgan fingerprint density at radius 2 is 1.88 bits per heavy atom. The first-order chi connectivity index (χ1) is 8.16. The molecule has 1 aromatic rings. The van der Waals surface area contributed by atoms with Crippen molar-refractivity contribution in [3.63, 3.8) is 0 Å². The van der Waals surface area contributed by atoms with Crippen LogP contribution in [0.3, 0.4) is 0 Å². The van der Waals surface area contributed by atoms with Crippen molar-refractivity contribution >= 4 is 0 Å². The molecule has 1 fully saturated rings. The SMILES string of the molecule is CC1(C)CCC(NCCc2ccncc2)CC1. The fourth-order valence-corrected chi connectivity index (χ4v) is 2.57. The summed E-state index contributed by atoms with van der Waals surface area (Å²) in [5.74, 6) is 0. The summed E-state index contributed by atoms with van der Waals surface area (Å²) in [6.07, 6.45) is 10.3. The summed E-state index contributed by atoms with van der Waals surface area (Å²) >= 11 is 0. The molecule has 0 unspecified atom stereocenters. The smallest absolute Gasteiger partial charge is 0.0270 e. The third-order valence-electron chi connectivity index (χ3n) is 3.94. The van der Waals surface area contributed by atoms with E-state index in [1.165, 1.54) is 31.2 Å². The molecule has 0 atom stereocenters. The van der Waals surface area contributed by atoms with E-state index in [2.05, 4.69) is 36.3 Å². The number of pyridine rings is 1. The maximum atomic E-state index is 4.04. The number of nitrogens with zero attached hydrogens (tertiary/aromatic N) is 1. The Morgan fingerprint density at radius 3 is 2.53 bits per heavy atom. The Kier molecular flexibility index (Phi) is 4.16. The van der Waals surface area contributed by atoms with Crippen LogP contribution in [-0.4, -0.2) is 17.6 Å². The normalized spacial score (nSPS) is 20.4. The topological polar surface area (TPSA) is 24.9 Å². The molecule has 0 amide bonds. The zero-order valence-corrected chi connectivity index (χ0v) is 11.1. The van der Waals surface area contributed by atoms with E-state index in [-0.39, 0.29) is 0 Å². The lowest BCUT2D eigenvalue weighted by atomic mass is 9.75. The van der Waals surface area contributed by atoms with Gasteiger partial charge in [0.25, 0.3) is 0 Å². The van der Waals surface area contributed by atoms with Gasteiger partial charge in [-0.1, -0.05) is 13.8 Å². The highest BCUT2D eigenvalue weighted by Crippen LogP contribution is 2.34. The van der Waals surface area contributed by atoms with Gasteiger partial charge < -0.3 is 5.32 Å². The van der Waals surface area contributed by atoms with Crippen molar-refractivity contribution < 1.29 is 0 Å². The highest BCUT2D eigenvalue weighted by Gasteiger charge is 2.26. The van der Waals surface area contributed by atoms with Crippen LogP contribution >= 0.6 is 0 Å². The lowest BCUT2D eigenvalue weighted by Gasteiger charge is -2.34. The summed E-state index contributed by atoms with van der Waals surface area (Å²) in [6.45, 7) is 5.87. The van der Waals surface area contributed by atoms with Gasteiger partial charge in [0.15, 0.2) is 0 Å². The Bertz CT molecular complexity index is 322. The first kappa shape index (κ1) is 12.6. The predicted octanol–water partition coefficient (Wildman–Crippen LogP) is 3.18. The Labute approximate surface area is 105 Å². The molecule has 0 bridgehead atoms. The second-order valence-electron chi connectivity index (χ2n) is 6.00. The summed E-state index contributed by atoms with van der Waals surface area (Å²) in [4.78, 5) is 4.04. The molecule has 2 heteroatoms. The van der Waals surface area contributed by atoms with Gasteiger partial charge in [0.1, 0.15) is 0 Å². The van der Waals surface area contributed by atoms with Crippen LogP contribution in [0.4, 0.5) is 0 Å². The molecule has 0 aromatic carbocycles. The maximum absolute atomic E-state index is 4.04. The van der Waals surface area contributed by atoms with Crippen molar-refractivity contribution in [3.8, 4) is 0 Å². The second-order valence-corrected chi connectivity index (χ2v) is 6.00. The molecule has 1 aromatic heterocycles. The summed E-state index contributed by atoms with van der Waals surface area (Å²) in [6, 6.07) is 4.95. The fourth-order valence-electron chi connectivity index (χ4n) is 2.57. The maximum Gasteiger partial charge on any atom is 0.0270 e. The van der Waals surface area contributed by atoms with Gasteiger partial charge in [-0.3, -0.25) is 4.98 Å². The van der Waals surface area contributed by atoms with Crippen LogP contribution in [0.2, 0.25) is 0 Å². The number of nitrogens with one attached hydrogen (secondary N) is 1. The molecule has 0 saturated heterocycles. The van der Waals surface area contributed by atoms with Crippen molar-refractivity contribution in [2.24, 2.45) is 5.41 Å². The Hall–Kier alpha value is -0.890. The van der Waals surface area contributed by atoms with Gasteiger partial charge >= 0.3 is 0 Å². The highest BCUT2D eigenvalue weighted by molar-refractivity contribution is 5.09. The van der Waals surface area contributed by atoms with E-state index < -0.39 is 0 Å². The average Bonchev–Trinajstić information content (AvgIpc) is 2.33. The van der Waals surface area contributed by atoms with Gasteiger partial charge in [0.05, 0.1) is 0 Å². The van der Waals surface area contributed by atoms with E-state index in [9.17, 15) is 0 Å². The third-order valence-corrected chi connectivity index (χ3v) is 3.94. The summed E-state index contributed by atoms with van der Waals surface area (Å²) in [5, 5.41) is 3.69. The van der Waals surface area contributed by atoms with Crippen molar-refractivity contribution in [3.05, 3.63) is 30.1 Å². The van der Waals surface area contributed by atoms with Crippen LogP contribution in [0.25, 0.3) is 0 Å². The number of aromatic nitrogens is 1. The molecule has 0 spiro atoms. The quantitative estimate of drug-likeness (QED) is 0.862. The zero-order valence-electron chi connectivity index (χ0n) is 11.1. The van der Waals surface area contributed by atoms with Crippen LogP contribution in [0, 0.1) is 5.41 Å². The Balaban J connectivity index is 1.67. The molecule has 0 radical (unpaired) electrons. The standard InChI is InChI=1S/C15H24N2/c1-15(2)8-3-14(4-9-15)17-12-7-13-5-10-16-11-6-13/h5-6,10-11,14,17H,3-4,7-9,12H2,1-2H3. The molecular weight excluding hydrogens is 208 g/mol. The number of hydrogen-bond donors (Lipinski definition) is 1. The van der Waals surface area contributed by atoms with Crippen LogP contribution in [0.15, 0.2) is 24.5 Å². The van der Waals surface area contributed by atoms with E-state index >= 15 is 0 Å². The largest absolute Gasteiger partial charge is 0.314 e. The predicted molar refractivity (Wildman–Crippen MR) is 72.0 cm³/mol. The van der Waals surface area contributed by atoms with Gasteiger partial charge in [-0.25, -0.2) is 0 Å². The molecule has 1 N–H and O–H groups in total. The highest BCUT2D eigenvalue weighted by atomic mass is 14.9. The molecule has 1 saturated carbocycles. The molecule has 1 aliphatic rings. The van der Waals surface area contributed by atoms with Crippen LogP contribution in [0.5, 0.6) is 0 Å². The molecule has 0 aliphatic heterocycles. The van der Waals surface area contributed by atoms with E-state index in [0.29, 0.717) is 5.41 Å². The van der Waals surface area contributed by atoms with Crippen molar-refractivity contribution in [1.29, 1.82) is 0 Å². The van der Waals surface area contributed by atoms with E-state index in [0.717, 1.165) is 19.0 Å². The van der Waals surface area contributed by atoms with Gasteiger partial charge in [-0.2, -0.15) is 0 Å². The molecule has 17 heavy (non-hydrogen) atoms. The number of hydrogen-bond acceptors (Lipinski definition) is 2. The van der Waals surface area contributed by atoms with Gasteiger partial charge in [-0.05, 0) is 61.8 Å². The molecule has 1 heterocycles. The summed E-state index contributed by atoms with van der Waals surface area (Å²) < 4.78 is 0. The molecule has 1 aliphatic carbocycles.